The van der Waals surface area contributed by atoms with E-state index in [4.69, 9.17) is 4.42 Å². The highest BCUT2D eigenvalue weighted by Crippen LogP contribution is 2.31. The number of nitrogens with one attached hydrogen (secondary N) is 1. The second-order valence-corrected chi connectivity index (χ2v) is 5.65. The van der Waals surface area contributed by atoms with Crippen LogP contribution in [0.5, 0.6) is 0 Å². The molecule has 0 bridgehead atoms. The van der Waals surface area contributed by atoms with Crippen LogP contribution in [0.3, 0.4) is 0 Å². The first kappa shape index (κ1) is 17.7. The molecule has 7 heteroatoms. The Morgan fingerprint density at radius 2 is 1.73 bits per heavy atom. The van der Waals surface area contributed by atoms with Gasteiger partial charge in [-0.2, -0.15) is 13.2 Å². The van der Waals surface area contributed by atoms with Crippen molar-refractivity contribution in [1.82, 2.24) is 5.32 Å². The van der Waals surface area contributed by atoms with Crippen molar-refractivity contribution in [3.63, 3.8) is 0 Å². The molecule has 2 aromatic carbocycles. The summed E-state index contributed by atoms with van der Waals surface area (Å²) in [6, 6.07) is 13.3. The van der Waals surface area contributed by atoms with E-state index < -0.39 is 23.3 Å². The van der Waals surface area contributed by atoms with Gasteiger partial charge in [0.2, 0.25) is 0 Å². The molecule has 0 aliphatic rings. The summed E-state index contributed by atoms with van der Waals surface area (Å²) in [4.78, 5) is 24.1. The van der Waals surface area contributed by atoms with E-state index in [0.29, 0.717) is 11.0 Å². The molecule has 0 radical (unpaired) electrons. The smallest absolute Gasteiger partial charge is 0.416 e. The maximum Gasteiger partial charge on any atom is 0.416 e. The van der Waals surface area contributed by atoms with Gasteiger partial charge >= 0.3 is 11.8 Å². The lowest BCUT2D eigenvalue weighted by molar-refractivity contribution is -0.138. The van der Waals surface area contributed by atoms with Crippen molar-refractivity contribution in [2.24, 2.45) is 0 Å². The number of halogens is 3. The lowest BCUT2D eigenvalue weighted by Gasteiger charge is -2.12. The molecule has 0 saturated carbocycles. The van der Waals surface area contributed by atoms with Crippen LogP contribution in [0.1, 0.15) is 21.5 Å². The van der Waals surface area contributed by atoms with E-state index in [1.54, 1.807) is 24.3 Å². The lowest BCUT2D eigenvalue weighted by atomic mass is 10.0. The topological polar surface area (TPSA) is 59.3 Å². The first-order valence-corrected chi connectivity index (χ1v) is 7.82. The minimum absolute atomic E-state index is 0.0136. The Hall–Kier alpha value is -3.09. The van der Waals surface area contributed by atoms with E-state index in [-0.39, 0.29) is 24.1 Å². The van der Waals surface area contributed by atoms with Gasteiger partial charge in [-0.3, -0.25) is 4.79 Å². The first-order chi connectivity index (χ1) is 12.4. The second kappa shape index (κ2) is 7.03. The number of carbonyl (C=O) groups is 1. The van der Waals surface area contributed by atoms with Crippen LogP contribution in [0.4, 0.5) is 13.2 Å². The number of hydrogen-bond donors (Lipinski definition) is 1. The molecule has 1 amide bonds. The van der Waals surface area contributed by atoms with Crippen molar-refractivity contribution < 1.29 is 22.4 Å². The summed E-state index contributed by atoms with van der Waals surface area (Å²) in [6.07, 6.45) is -4.47. The molecule has 0 unspecified atom stereocenters. The Labute approximate surface area is 146 Å². The van der Waals surface area contributed by atoms with Crippen molar-refractivity contribution in [2.75, 3.05) is 6.54 Å². The molecule has 3 rings (SSSR count). The molecule has 4 nitrogen and oxygen atoms in total. The summed E-state index contributed by atoms with van der Waals surface area (Å²) in [5.74, 6) is -0.686. The van der Waals surface area contributed by atoms with E-state index >= 15 is 0 Å². The Morgan fingerprint density at radius 3 is 2.50 bits per heavy atom. The van der Waals surface area contributed by atoms with Gasteiger partial charge in [0.15, 0.2) is 0 Å². The Balaban J connectivity index is 1.73. The number of hydrogen-bond acceptors (Lipinski definition) is 3. The van der Waals surface area contributed by atoms with Gasteiger partial charge < -0.3 is 9.73 Å². The molecule has 0 saturated heterocycles. The summed E-state index contributed by atoms with van der Waals surface area (Å²) >= 11 is 0. The van der Waals surface area contributed by atoms with Crippen LogP contribution < -0.4 is 10.9 Å². The maximum atomic E-state index is 13.0. The van der Waals surface area contributed by atoms with Gasteiger partial charge in [-0.05, 0) is 30.2 Å². The molecule has 1 heterocycles. The zero-order valence-corrected chi connectivity index (χ0v) is 13.5. The predicted octanol–water partition coefficient (Wildman–Crippen LogP) is 3.78. The minimum atomic E-state index is -4.46. The molecule has 1 aromatic heterocycles. The highest BCUT2D eigenvalue weighted by atomic mass is 19.4. The van der Waals surface area contributed by atoms with Crippen LogP contribution >= 0.6 is 0 Å². The molecule has 0 spiro atoms. The Bertz CT molecular complexity index is 1010. The zero-order chi connectivity index (χ0) is 18.7. The van der Waals surface area contributed by atoms with Crippen LogP contribution in [-0.2, 0) is 12.6 Å². The van der Waals surface area contributed by atoms with Gasteiger partial charge in [0.1, 0.15) is 11.1 Å². The van der Waals surface area contributed by atoms with E-state index in [0.717, 1.165) is 6.07 Å². The highest BCUT2D eigenvalue weighted by Gasteiger charge is 2.32. The standard InChI is InChI=1S/C19H14F3NO3/c20-19(21,22)15-7-3-1-5-12(15)9-10-23-17(24)14-11-13-6-2-4-8-16(13)26-18(14)25/h1-8,11H,9-10H2,(H,23,24). The SMILES string of the molecule is O=C(NCCc1ccccc1C(F)(F)F)c1cc2ccccc2oc1=O. The third kappa shape index (κ3) is 3.77. The normalized spacial score (nSPS) is 11.5. The quantitative estimate of drug-likeness (QED) is 0.720. The fourth-order valence-electron chi connectivity index (χ4n) is 2.64. The van der Waals surface area contributed by atoms with E-state index in [1.807, 2.05) is 0 Å². The largest absolute Gasteiger partial charge is 0.422 e. The van der Waals surface area contributed by atoms with Crippen LogP contribution in [-0.4, -0.2) is 12.5 Å². The highest BCUT2D eigenvalue weighted by molar-refractivity contribution is 5.96. The summed E-state index contributed by atoms with van der Waals surface area (Å²) in [5, 5.41) is 3.05. The maximum absolute atomic E-state index is 13.0. The Kier molecular flexibility index (Phi) is 4.79. The number of para-hydroxylation sites is 1. The Morgan fingerprint density at radius 1 is 1.04 bits per heavy atom. The van der Waals surface area contributed by atoms with E-state index in [2.05, 4.69) is 5.32 Å². The molecule has 1 N–H and O–H groups in total. The number of fused-ring (bicyclic) bond motifs is 1. The lowest BCUT2D eigenvalue weighted by Crippen LogP contribution is -2.30. The van der Waals surface area contributed by atoms with Crippen molar-refractivity contribution in [3.8, 4) is 0 Å². The van der Waals surface area contributed by atoms with Gasteiger partial charge in [-0.25, -0.2) is 4.79 Å². The van der Waals surface area contributed by atoms with Gasteiger partial charge in [0, 0.05) is 11.9 Å². The molecular weight excluding hydrogens is 347 g/mol. The molecule has 0 fully saturated rings. The van der Waals surface area contributed by atoms with Crippen LogP contribution in [0.2, 0.25) is 0 Å². The average Bonchev–Trinajstić information content (AvgIpc) is 2.60. The van der Waals surface area contributed by atoms with E-state index in [9.17, 15) is 22.8 Å². The zero-order valence-electron chi connectivity index (χ0n) is 13.5. The second-order valence-electron chi connectivity index (χ2n) is 5.65. The van der Waals surface area contributed by atoms with Crippen molar-refractivity contribution >= 4 is 16.9 Å². The van der Waals surface area contributed by atoms with Crippen LogP contribution in [0, 0.1) is 0 Å². The third-order valence-electron chi connectivity index (χ3n) is 3.89. The first-order valence-electron chi connectivity index (χ1n) is 7.82. The summed E-state index contributed by atoms with van der Waals surface area (Å²) in [6.45, 7) is -0.0435. The van der Waals surface area contributed by atoms with Gasteiger partial charge in [-0.15, -0.1) is 0 Å². The van der Waals surface area contributed by atoms with Crippen LogP contribution in [0.15, 0.2) is 63.8 Å². The molecule has 26 heavy (non-hydrogen) atoms. The van der Waals surface area contributed by atoms with Crippen LogP contribution in [0.25, 0.3) is 11.0 Å². The number of amides is 1. The molecule has 0 aliphatic heterocycles. The van der Waals surface area contributed by atoms with Crippen molar-refractivity contribution in [3.05, 3.63) is 81.7 Å². The van der Waals surface area contributed by atoms with Gasteiger partial charge in [0.05, 0.1) is 5.56 Å². The summed E-state index contributed by atoms with van der Waals surface area (Å²) < 4.78 is 44.0. The fourth-order valence-corrected chi connectivity index (χ4v) is 2.64. The molecule has 0 aliphatic carbocycles. The minimum Gasteiger partial charge on any atom is -0.422 e. The van der Waals surface area contributed by atoms with Crippen molar-refractivity contribution in [2.45, 2.75) is 12.6 Å². The third-order valence-corrected chi connectivity index (χ3v) is 3.89. The fraction of sp³-hybridized carbons (Fsp3) is 0.158. The number of alkyl halides is 3. The molecular formula is C19H14F3NO3. The molecule has 0 atom stereocenters. The monoisotopic (exact) mass is 361 g/mol. The summed E-state index contributed by atoms with van der Waals surface area (Å²) in [5.41, 5.74) is -1.29. The van der Waals surface area contributed by atoms with Gasteiger partial charge in [0.25, 0.3) is 5.91 Å². The number of benzene rings is 2. The molecule has 134 valence electrons. The van der Waals surface area contributed by atoms with Gasteiger partial charge in [-0.1, -0.05) is 36.4 Å². The molecule has 3 aromatic rings. The average molecular weight is 361 g/mol. The van der Waals surface area contributed by atoms with E-state index in [1.165, 1.54) is 24.3 Å². The summed E-state index contributed by atoms with van der Waals surface area (Å²) in [7, 11) is 0. The van der Waals surface area contributed by atoms with Crippen molar-refractivity contribution in [1.29, 1.82) is 0 Å². The number of rotatable bonds is 4. The predicted molar refractivity (Wildman–Crippen MR) is 90.0 cm³/mol. The number of carbonyl (C=O) groups excluding carboxylic acids is 1.